The Hall–Kier alpha value is -1.76. The van der Waals surface area contributed by atoms with Gasteiger partial charge in [0.1, 0.15) is 5.82 Å². The van der Waals surface area contributed by atoms with Crippen LogP contribution in [0.25, 0.3) is 11.4 Å². The first-order chi connectivity index (χ1) is 13.5. The van der Waals surface area contributed by atoms with Crippen LogP contribution in [-0.4, -0.2) is 63.0 Å². The molecular weight excluding hydrogens is 352 g/mol. The van der Waals surface area contributed by atoms with Crippen molar-refractivity contribution in [1.82, 2.24) is 19.4 Å². The van der Waals surface area contributed by atoms with Crippen molar-refractivity contribution in [3.05, 3.63) is 35.9 Å². The van der Waals surface area contributed by atoms with E-state index in [0.29, 0.717) is 19.1 Å². The molecule has 2 aliphatic rings. The molecule has 4 rings (SSSR count). The van der Waals surface area contributed by atoms with Crippen LogP contribution in [0.15, 0.2) is 24.5 Å². The number of nitrogens with zero attached hydrogens (tertiary/aromatic N) is 4. The number of aryl methyl sites for hydroxylation is 1. The Labute approximate surface area is 167 Å². The summed E-state index contributed by atoms with van der Waals surface area (Å²) in [5.74, 6) is 1.62. The summed E-state index contributed by atoms with van der Waals surface area (Å²) < 4.78 is 7.49. The van der Waals surface area contributed by atoms with Crippen molar-refractivity contribution in [2.24, 2.45) is 13.0 Å². The second-order valence-electron chi connectivity index (χ2n) is 8.59. The van der Waals surface area contributed by atoms with E-state index < -0.39 is 5.60 Å². The van der Waals surface area contributed by atoms with E-state index in [1.807, 2.05) is 26.4 Å². The summed E-state index contributed by atoms with van der Waals surface area (Å²) in [6.07, 6.45) is 8.92. The molecule has 152 valence electrons. The van der Waals surface area contributed by atoms with Crippen LogP contribution in [0.4, 0.5) is 0 Å². The fourth-order valence-corrected chi connectivity index (χ4v) is 4.56. The maximum absolute atomic E-state index is 10.8. The highest BCUT2D eigenvalue weighted by atomic mass is 16.5. The van der Waals surface area contributed by atoms with Crippen molar-refractivity contribution in [3.8, 4) is 11.4 Å². The van der Waals surface area contributed by atoms with Gasteiger partial charge < -0.3 is 19.3 Å². The zero-order valence-electron chi connectivity index (χ0n) is 17.1. The Morgan fingerprint density at radius 1 is 1.21 bits per heavy atom. The molecule has 4 heterocycles. The molecule has 1 atom stereocenters. The average molecular weight is 385 g/mol. The number of piperidine rings is 1. The number of β-amino-alcohol motifs (C(OH)–C–C–N with tert-alkyl or cyclic N) is 1. The standard InChI is InChI=1S/C22H32N4O2/c1-17-23-14-21(25(17)2)20-6-5-18(13-24-20)12-19-4-3-9-26(15-19)16-22(27)7-10-28-11-8-22/h5-6,13-14,19,27H,3-4,7-12,15-16H2,1-2H3/t19-/m1/s1. The first kappa shape index (κ1) is 19.6. The molecule has 6 nitrogen and oxygen atoms in total. The number of hydrogen-bond acceptors (Lipinski definition) is 5. The molecule has 2 aromatic heterocycles. The van der Waals surface area contributed by atoms with Gasteiger partial charge >= 0.3 is 0 Å². The summed E-state index contributed by atoms with van der Waals surface area (Å²) in [4.78, 5) is 11.5. The summed E-state index contributed by atoms with van der Waals surface area (Å²) in [6.45, 7) is 6.31. The van der Waals surface area contributed by atoms with Crippen LogP contribution >= 0.6 is 0 Å². The number of hydrogen-bond donors (Lipinski definition) is 1. The lowest BCUT2D eigenvalue weighted by molar-refractivity contribution is -0.0838. The lowest BCUT2D eigenvalue weighted by Gasteiger charge is -2.40. The molecule has 1 N–H and O–H groups in total. The van der Waals surface area contributed by atoms with E-state index in [4.69, 9.17) is 4.74 Å². The molecule has 0 saturated carbocycles. The summed E-state index contributed by atoms with van der Waals surface area (Å²) in [6, 6.07) is 4.31. The maximum atomic E-state index is 10.8. The molecule has 0 unspecified atom stereocenters. The second kappa shape index (κ2) is 8.31. The van der Waals surface area contributed by atoms with E-state index in [9.17, 15) is 5.11 Å². The first-order valence-electron chi connectivity index (χ1n) is 10.5. The van der Waals surface area contributed by atoms with Gasteiger partial charge in [-0.2, -0.15) is 0 Å². The van der Waals surface area contributed by atoms with E-state index in [0.717, 1.165) is 56.1 Å². The summed E-state index contributed by atoms with van der Waals surface area (Å²) in [5.41, 5.74) is 2.75. The van der Waals surface area contributed by atoms with Crippen molar-refractivity contribution in [1.29, 1.82) is 0 Å². The van der Waals surface area contributed by atoms with Crippen molar-refractivity contribution in [2.75, 3.05) is 32.8 Å². The van der Waals surface area contributed by atoms with Crippen molar-refractivity contribution in [2.45, 2.75) is 44.6 Å². The SMILES string of the molecule is Cc1ncc(-c2ccc(C[C@H]3CCCN(CC4(O)CCOCC4)C3)cn2)n1C. The van der Waals surface area contributed by atoms with Crippen LogP contribution in [0.1, 0.15) is 37.1 Å². The minimum absolute atomic E-state index is 0.565. The predicted molar refractivity (Wildman–Crippen MR) is 109 cm³/mol. The minimum atomic E-state index is -0.565. The number of rotatable bonds is 5. The third-order valence-corrected chi connectivity index (χ3v) is 6.38. The third-order valence-electron chi connectivity index (χ3n) is 6.38. The van der Waals surface area contributed by atoms with Crippen LogP contribution in [0, 0.1) is 12.8 Å². The van der Waals surface area contributed by atoms with Crippen molar-refractivity contribution >= 4 is 0 Å². The highest BCUT2D eigenvalue weighted by Gasteiger charge is 2.33. The van der Waals surface area contributed by atoms with Crippen LogP contribution in [0.5, 0.6) is 0 Å². The lowest BCUT2D eigenvalue weighted by Crippen LogP contribution is -2.49. The zero-order valence-corrected chi connectivity index (χ0v) is 17.1. The van der Waals surface area contributed by atoms with Gasteiger partial charge in [-0.25, -0.2) is 4.98 Å². The number of aromatic nitrogens is 3. The molecule has 2 fully saturated rings. The summed E-state index contributed by atoms with van der Waals surface area (Å²) in [5, 5.41) is 10.8. The van der Waals surface area contributed by atoms with E-state index in [1.54, 1.807) is 0 Å². The Morgan fingerprint density at radius 2 is 2.04 bits per heavy atom. The normalized spacial score (nSPS) is 23.0. The first-order valence-corrected chi connectivity index (χ1v) is 10.5. The van der Waals surface area contributed by atoms with Crippen LogP contribution in [0.2, 0.25) is 0 Å². The molecule has 2 saturated heterocycles. The predicted octanol–water partition coefficient (Wildman–Crippen LogP) is 2.59. The number of imidazole rings is 1. The van der Waals surface area contributed by atoms with Crippen molar-refractivity contribution in [3.63, 3.8) is 0 Å². The quantitative estimate of drug-likeness (QED) is 0.858. The summed E-state index contributed by atoms with van der Waals surface area (Å²) >= 11 is 0. The van der Waals surface area contributed by atoms with Gasteiger partial charge in [-0.3, -0.25) is 4.98 Å². The molecule has 2 aromatic rings. The molecule has 28 heavy (non-hydrogen) atoms. The van der Waals surface area contributed by atoms with E-state index in [1.165, 1.54) is 18.4 Å². The van der Waals surface area contributed by atoms with Gasteiger partial charge in [-0.05, 0) is 50.3 Å². The fraction of sp³-hybridized carbons (Fsp3) is 0.636. The molecule has 0 spiro atoms. The Balaban J connectivity index is 1.35. The summed E-state index contributed by atoms with van der Waals surface area (Å²) in [7, 11) is 2.02. The molecular formula is C22H32N4O2. The third kappa shape index (κ3) is 4.45. The second-order valence-corrected chi connectivity index (χ2v) is 8.59. The van der Waals surface area contributed by atoms with Crippen LogP contribution in [-0.2, 0) is 18.2 Å². The minimum Gasteiger partial charge on any atom is -0.388 e. The molecule has 6 heteroatoms. The lowest BCUT2D eigenvalue weighted by atomic mass is 9.89. The number of ether oxygens (including phenoxy) is 1. The monoisotopic (exact) mass is 384 g/mol. The topological polar surface area (TPSA) is 63.4 Å². The van der Waals surface area contributed by atoms with Gasteiger partial charge in [-0.15, -0.1) is 0 Å². The smallest absolute Gasteiger partial charge is 0.105 e. The fourth-order valence-electron chi connectivity index (χ4n) is 4.56. The molecule has 0 aromatic carbocycles. The molecule has 0 bridgehead atoms. The Kier molecular flexibility index (Phi) is 5.80. The van der Waals surface area contributed by atoms with Crippen molar-refractivity contribution < 1.29 is 9.84 Å². The Bertz CT molecular complexity index is 780. The van der Waals surface area contributed by atoms with E-state index in [2.05, 4.69) is 31.6 Å². The largest absolute Gasteiger partial charge is 0.388 e. The number of pyridine rings is 1. The number of likely N-dealkylation sites (tertiary alicyclic amines) is 1. The van der Waals surface area contributed by atoms with E-state index >= 15 is 0 Å². The van der Waals surface area contributed by atoms with Crippen LogP contribution in [0.3, 0.4) is 0 Å². The van der Waals surface area contributed by atoms with Gasteiger partial charge in [0.15, 0.2) is 0 Å². The highest BCUT2D eigenvalue weighted by Crippen LogP contribution is 2.27. The average Bonchev–Trinajstić information content (AvgIpc) is 3.02. The molecule has 0 radical (unpaired) electrons. The molecule has 0 amide bonds. The van der Waals surface area contributed by atoms with Gasteiger partial charge in [0.2, 0.25) is 0 Å². The highest BCUT2D eigenvalue weighted by molar-refractivity contribution is 5.54. The van der Waals surface area contributed by atoms with E-state index in [-0.39, 0.29) is 0 Å². The van der Waals surface area contributed by atoms with Gasteiger partial charge in [0, 0.05) is 52.4 Å². The maximum Gasteiger partial charge on any atom is 0.105 e. The van der Waals surface area contributed by atoms with Gasteiger partial charge in [-0.1, -0.05) is 6.07 Å². The van der Waals surface area contributed by atoms with Gasteiger partial charge in [0.25, 0.3) is 0 Å². The molecule has 0 aliphatic carbocycles. The zero-order chi connectivity index (χ0) is 19.6. The van der Waals surface area contributed by atoms with Gasteiger partial charge in [0.05, 0.1) is 23.2 Å². The number of aliphatic hydroxyl groups is 1. The van der Waals surface area contributed by atoms with Crippen LogP contribution < -0.4 is 0 Å². The molecule has 2 aliphatic heterocycles. The Morgan fingerprint density at radius 3 is 2.71 bits per heavy atom.